The minimum atomic E-state index is -0.610. The number of aromatic amines is 1. The lowest BCUT2D eigenvalue weighted by molar-refractivity contribution is 0.0488. The van der Waals surface area contributed by atoms with Gasteiger partial charge in [-0.3, -0.25) is 4.98 Å². The van der Waals surface area contributed by atoms with Crippen molar-refractivity contribution in [2.45, 2.75) is 38.8 Å². The molecule has 2 N–H and O–H groups in total. The summed E-state index contributed by atoms with van der Waals surface area (Å²) in [6.07, 6.45) is 7.20. The van der Waals surface area contributed by atoms with Crippen molar-refractivity contribution in [3.05, 3.63) is 90.1 Å². The average molecular weight is 529 g/mol. The second kappa shape index (κ2) is 10.7. The number of hydrogen-bond donors (Lipinski definition) is 2. The molecule has 0 bridgehead atoms. The van der Waals surface area contributed by atoms with Crippen LogP contribution in [0, 0.1) is 0 Å². The van der Waals surface area contributed by atoms with Crippen molar-refractivity contribution in [1.29, 1.82) is 0 Å². The standard InChI is InChI=1S/C30H29ClN4O3/c1-30(2,3)38-29(36)35-23(13-22-16-33-27-7-5-4-6-25(22)27)18-37-24-14-26(28(31)34-17-24)20-8-9-21-15-32-11-10-19(21)12-20/h4-12,14-17,23,33H,13,18H2,1-3H3,(H,35,36)/t23-/m0/s1. The number of rotatable bonds is 7. The first kappa shape index (κ1) is 25.5. The Morgan fingerprint density at radius 2 is 1.92 bits per heavy atom. The van der Waals surface area contributed by atoms with Crippen LogP contribution < -0.4 is 10.1 Å². The number of hydrogen-bond acceptors (Lipinski definition) is 5. The van der Waals surface area contributed by atoms with Gasteiger partial charge >= 0.3 is 6.09 Å². The number of benzene rings is 2. The molecule has 0 aliphatic carbocycles. The summed E-state index contributed by atoms with van der Waals surface area (Å²) < 4.78 is 11.7. The van der Waals surface area contributed by atoms with E-state index >= 15 is 0 Å². The number of fused-ring (bicyclic) bond motifs is 2. The highest BCUT2D eigenvalue weighted by molar-refractivity contribution is 6.32. The van der Waals surface area contributed by atoms with Crippen LogP contribution >= 0.6 is 11.6 Å². The van der Waals surface area contributed by atoms with Gasteiger partial charge in [-0.1, -0.05) is 41.9 Å². The van der Waals surface area contributed by atoms with E-state index in [1.807, 2.05) is 81.7 Å². The number of para-hydroxylation sites is 1. The Balaban J connectivity index is 1.37. The average Bonchev–Trinajstić information content (AvgIpc) is 3.29. The van der Waals surface area contributed by atoms with Crippen LogP contribution in [0.2, 0.25) is 5.15 Å². The summed E-state index contributed by atoms with van der Waals surface area (Å²) in [5.74, 6) is 0.550. The first-order chi connectivity index (χ1) is 18.2. The van der Waals surface area contributed by atoms with Gasteiger partial charge in [0.1, 0.15) is 23.1 Å². The molecular weight excluding hydrogens is 500 g/mol. The fourth-order valence-electron chi connectivity index (χ4n) is 4.35. The quantitative estimate of drug-likeness (QED) is 0.223. The van der Waals surface area contributed by atoms with Gasteiger partial charge < -0.3 is 19.8 Å². The molecular formula is C30H29ClN4O3. The molecule has 1 atom stereocenters. The number of amides is 1. The minimum absolute atomic E-state index is 0.213. The van der Waals surface area contributed by atoms with Crippen molar-refractivity contribution in [3.8, 4) is 16.9 Å². The number of halogens is 1. The maximum Gasteiger partial charge on any atom is 0.408 e. The number of ether oxygens (including phenoxy) is 2. The Morgan fingerprint density at radius 1 is 1.08 bits per heavy atom. The Bertz CT molecular complexity index is 1590. The number of aromatic nitrogens is 3. The van der Waals surface area contributed by atoms with Crippen molar-refractivity contribution < 1.29 is 14.3 Å². The summed E-state index contributed by atoms with van der Waals surface area (Å²) in [5.41, 5.74) is 3.19. The van der Waals surface area contributed by atoms with Crippen LogP contribution in [-0.2, 0) is 11.2 Å². The molecule has 194 valence electrons. The van der Waals surface area contributed by atoms with Crippen LogP contribution in [0.25, 0.3) is 32.8 Å². The van der Waals surface area contributed by atoms with E-state index in [-0.39, 0.29) is 12.6 Å². The molecule has 3 heterocycles. The molecule has 0 saturated heterocycles. The summed E-state index contributed by atoms with van der Waals surface area (Å²) in [6, 6.07) is 17.6. The summed E-state index contributed by atoms with van der Waals surface area (Å²) in [6.45, 7) is 5.72. The lowest BCUT2D eigenvalue weighted by Gasteiger charge is -2.24. The Kier molecular flexibility index (Phi) is 7.20. The van der Waals surface area contributed by atoms with Crippen molar-refractivity contribution in [2.75, 3.05) is 6.61 Å². The molecule has 3 aromatic heterocycles. The van der Waals surface area contributed by atoms with Crippen molar-refractivity contribution >= 4 is 39.4 Å². The summed E-state index contributed by atoms with van der Waals surface area (Å²) in [5, 5.41) is 6.56. The zero-order valence-corrected chi connectivity index (χ0v) is 22.3. The molecule has 5 aromatic rings. The van der Waals surface area contributed by atoms with Gasteiger partial charge in [-0.15, -0.1) is 0 Å². The van der Waals surface area contributed by atoms with E-state index in [2.05, 4.69) is 26.3 Å². The van der Waals surface area contributed by atoms with Gasteiger partial charge in [0.25, 0.3) is 0 Å². The van der Waals surface area contributed by atoms with E-state index in [0.717, 1.165) is 38.4 Å². The van der Waals surface area contributed by atoms with Crippen LogP contribution in [0.5, 0.6) is 5.75 Å². The smallest absolute Gasteiger partial charge is 0.408 e. The highest BCUT2D eigenvalue weighted by Gasteiger charge is 2.21. The SMILES string of the molecule is CC(C)(C)OC(=O)N[C@H](COc1cnc(Cl)c(-c2ccc3cnccc3c2)c1)Cc1c[nH]c2ccccc12. The second-order valence-corrected chi connectivity index (χ2v) is 10.5. The van der Waals surface area contributed by atoms with Gasteiger partial charge in [-0.05, 0) is 68.0 Å². The molecule has 0 spiro atoms. The Hall–Kier alpha value is -4.10. The van der Waals surface area contributed by atoms with Crippen LogP contribution in [0.4, 0.5) is 4.79 Å². The number of H-pyrrole nitrogens is 1. The third-order valence-electron chi connectivity index (χ3n) is 6.08. The van der Waals surface area contributed by atoms with Crippen molar-refractivity contribution in [3.63, 3.8) is 0 Å². The minimum Gasteiger partial charge on any atom is -0.490 e. The monoisotopic (exact) mass is 528 g/mol. The zero-order chi connectivity index (χ0) is 26.7. The molecule has 0 saturated carbocycles. The molecule has 1 amide bonds. The normalized spacial score (nSPS) is 12.4. The largest absolute Gasteiger partial charge is 0.490 e. The molecule has 8 heteroatoms. The number of nitrogens with zero attached hydrogens (tertiary/aromatic N) is 2. The lowest BCUT2D eigenvalue weighted by Crippen LogP contribution is -2.43. The van der Waals surface area contributed by atoms with Gasteiger partial charge in [0.15, 0.2) is 0 Å². The molecule has 0 fully saturated rings. The molecule has 0 aliphatic rings. The number of carbonyl (C=O) groups is 1. The van der Waals surface area contributed by atoms with Crippen LogP contribution in [0.15, 0.2) is 79.4 Å². The number of carbonyl (C=O) groups excluding carboxylic acids is 1. The third kappa shape index (κ3) is 6.06. The predicted molar refractivity (Wildman–Crippen MR) is 151 cm³/mol. The van der Waals surface area contributed by atoms with Gasteiger partial charge in [0.05, 0.1) is 12.2 Å². The van der Waals surface area contributed by atoms with E-state index in [1.165, 1.54) is 0 Å². The molecule has 38 heavy (non-hydrogen) atoms. The lowest BCUT2D eigenvalue weighted by atomic mass is 10.0. The topological polar surface area (TPSA) is 89.1 Å². The number of pyridine rings is 2. The van der Waals surface area contributed by atoms with E-state index in [4.69, 9.17) is 21.1 Å². The molecule has 0 unspecified atom stereocenters. The van der Waals surface area contributed by atoms with Crippen molar-refractivity contribution in [1.82, 2.24) is 20.3 Å². The second-order valence-electron chi connectivity index (χ2n) is 10.2. The summed E-state index contributed by atoms with van der Waals surface area (Å²) in [4.78, 5) is 24.4. The maximum absolute atomic E-state index is 12.6. The van der Waals surface area contributed by atoms with Crippen LogP contribution in [0.3, 0.4) is 0 Å². The molecule has 2 aromatic carbocycles. The molecule has 0 radical (unpaired) electrons. The molecule has 5 rings (SSSR count). The van der Waals surface area contributed by atoms with Gasteiger partial charge in [-0.2, -0.15) is 0 Å². The third-order valence-corrected chi connectivity index (χ3v) is 6.38. The predicted octanol–water partition coefficient (Wildman–Crippen LogP) is 6.95. The summed E-state index contributed by atoms with van der Waals surface area (Å²) in [7, 11) is 0. The maximum atomic E-state index is 12.6. The number of nitrogens with one attached hydrogen (secondary N) is 2. The first-order valence-corrected chi connectivity index (χ1v) is 12.8. The fraction of sp³-hybridized carbons (Fsp3) is 0.233. The molecule has 0 aliphatic heterocycles. The van der Waals surface area contributed by atoms with Gasteiger partial charge in [-0.25, -0.2) is 9.78 Å². The van der Waals surface area contributed by atoms with E-state index < -0.39 is 11.7 Å². The Morgan fingerprint density at radius 3 is 2.76 bits per heavy atom. The van der Waals surface area contributed by atoms with Crippen LogP contribution in [-0.4, -0.2) is 39.3 Å². The van der Waals surface area contributed by atoms with E-state index in [9.17, 15) is 4.79 Å². The van der Waals surface area contributed by atoms with Crippen molar-refractivity contribution in [2.24, 2.45) is 0 Å². The summed E-state index contributed by atoms with van der Waals surface area (Å²) >= 11 is 6.47. The highest BCUT2D eigenvalue weighted by atomic mass is 35.5. The van der Waals surface area contributed by atoms with E-state index in [1.54, 1.807) is 12.4 Å². The van der Waals surface area contributed by atoms with Gasteiger partial charge in [0, 0.05) is 40.4 Å². The van der Waals surface area contributed by atoms with Crippen LogP contribution in [0.1, 0.15) is 26.3 Å². The molecule has 7 nitrogen and oxygen atoms in total. The zero-order valence-electron chi connectivity index (χ0n) is 21.5. The highest BCUT2D eigenvalue weighted by Crippen LogP contribution is 2.31. The Labute approximate surface area is 226 Å². The fourth-order valence-corrected chi connectivity index (χ4v) is 4.56. The number of alkyl carbamates (subject to hydrolysis) is 1. The van der Waals surface area contributed by atoms with E-state index in [0.29, 0.717) is 17.3 Å². The van der Waals surface area contributed by atoms with Gasteiger partial charge in [0.2, 0.25) is 0 Å². The first-order valence-electron chi connectivity index (χ1n) is 12.4.